The monoisotopic (exact) mass is 509 g/mol. The van der Waals surface area contributed by atoms with Crippen molar-refractivity contribution in [1.82, 2.24) is 10.4 Å². The lowest BCUT2D eigenvalue weighted by Gasteiger charge is -2.18. The van der Waals surface area contributed by atoms with Crippen molar-refractivity contribution in [3.8, 4) is 0 Å². The molecule has 2 N–H and O–H groups in total. The maximum Gasteiger partial charge on any atom is 0.267 e. The molecule has 4 nitrogen and oxygen atoms in total. The van der Waals surface area contributed by atoms with Gasteiger partial charge in [-0.2, -0.15) is 0 Å². The highest BCUT2D eigenvalue weighted by Gasteiger charge is 2.22. The highest BCUT2D eigenvalue weighted by Crippen LogP contribution is 2.32. The second-order valence-corrected chi connectivity index (χ2v) is 7.43. The van der Waals surface area contributed by atoms with Crippen LogP contribution in [0.15, 0.2) is 28.7 Å². The lowest BCUT2D eigenvalue weighted by Crippen LogP contribution is -2.36. The molecule has 0 fully saturated rings. The van der Waals surface area contributed by atoms with Gasteiger partial charge in [-0.1, -0.05) is 0 Å². The number of nitrogens with one attached hydrogen (secondary N) is 2. The molecule has 0 unspecified atom stereocenters. The lowest BCUT2D eigenvalue weighted by molar-refractivity contribution is 0.0857. The topological polar surface area (TPSA) is 44.4 Å². The smallest absolute Gasteiger partial charge is 0.267 e. The van der Waals surface area contributed by atoms with Crippen LogP contribution >= 0.6 is 38.5 Å². The van der Waals surface area contributed by atoms with Gasteiger partial charge in [-0.05, 0) is 75.3 Å². The molecule has 0 saturated heterocycles. The summed E-state index contributed by atoms with van der Waals surface area (Å²) in [6.07, 6.45) is 0. The summed E-state index contributed by atoms with van der Waals surface area (Å²) < 4.78 is 29.3. The van der Waals surface area contributed by atoms with Gasteiger partial charge in [0.15, 0.2) is 11.6 Å². The Hall–Kier alpha value is -1.26. The van der Waals surface area contributed by atoms with E-state index in [1.165, 1.54) is 11.1 Å². The summed E-state index contributed by atoms with van der Waals surface area (Å²) in [5, 5.41) is 4.27. The molecule has 0 aliphatic rings. The third kappa shape index (κ3) is 4.22. The number of aryl methyl sites for hydroxylation is 1. The number of amides is 1. The molecule has 128 valence electrons. The van der Waals surface area contributed by atoms with E-state index in [1.807, 2.05) is 19.1 Å². The van der Waals surface area contributed by atoms with E-state index in [9.17, 15) is 13.6 Å². The zero-order valence-electron chi connectivity index (χ0n) is 13.2. The fourth-order valence-electron chi connectivity index (χ4n) is 2.06. The number of halogens is 4. The van der Waals surface area contributed by atoms with E-state index < -0.39 is 17.5 Å². The van der Waals surface area contributed by atoms with Gasteiger partial charge in [-0.25, -0.2) is 13.8 Å². The fourth-order valence-corrected chi connectivity index (χ4v) is 3.11. The van der Waals surface area contributed by atoms with Crippen molar-refractivity contribution >= 4 is 55.8 Å². The van der Waals surface area contributed by atoms with E-state index in [4.69, 9.17) is 0 Å². The number of rotatable bonds is 4. The summed E-state index contributed by atoms with van der Waals surface area (Å²) in [5.74, 6) is -2.72. The minimum absolute atomic E-state index is 0.00701. The summed E-state index contributed by atoms with van der Waals surface area (Å²) >= 11 is 5.10. The van der Waals surface area contributed by atoms with Crippen LogP contribution in [0.25, 0.3) is 0 Å². The Morgan fingerprint density at radius 1 is 1.21 bits per heavy atom. The number of carbonyl (C=O) groups excluding carboxylic acids is 1. The Bertz CT molecular complexity index is 799. The fraction of sp³-hybridized carbons (Fsp3) is 0.188. The third-order valence-electron chi connectivity index (χ3n) is 3.18. The SMILES string of the molecule is Cc1cc(I)ccc1Nc1c(C(=O)NN(C)C)cc(Br)c(F)c1F. The summed E-state index contributed by atoms with van der Waals surface area (Å²) in [6.45, 7) is 1.84. The van der Waals surface area contributed by atoms with E-state index in [0.29, 0.717) is 5.69 Å². The number of hydrogen-bond donors (Lipinski definition) is 2. The van der Waals surface area contributed by atoms with Gasteiger partial charge >= 0.3 is 0 Å². The highest BCUT2D eigenvalue weighted by atomic mass is 127. The van der Waals surface area contributed by atoms with E-state index >= 15 is 0 Å². The molecule has 0 heterocycles. The lowest BCUT2D eigenvalue weighted by atomic mass is 10.1. The average Bonchev–Trinajstić information content (AvgIpc) is 2.49. The maximum absolute atomic E-state index is 14.5. The van der Waals surface area contributed by atoms with Crippen LogP contribution in [-0.4, -0.2) is 25.0 Å². The standard InChI is InChI=1S/C16H15BrF2IN3O/c1-8-6-9(20)4-5-12(8)21-15-10(16(24)22-23(2)3)7-11(17)13(18)14(15)19/h4-7,21H,1-3H3,(H,22,24). The molecule has 0 bridgehead atoms. The van der Waals surface area contributed by atoms with Crippen molar-refractivity contribution in [2.24, 2.45) is 0 Å². The van der Waals surface area contributed by atoms with E-state index in [1.54, 1.807) is 20.2 Å². The largest absolute Gasteiger partial charge is 0.352 e. The maximum atomic E-state index is 14.5. The second kappa shape index (κ2) is 7.75. The van der Waals surface area contributed by atoms with E-state index in [-0.39, 0.29) is 15.7 Å². The van der Waals surface area contributed by atoms with Gasteiger partial charge in [0.25, 0.3) is 5.91 Å². The van der Waals surface area contributed by atoms with Crippen molar-refractivity contribution in [2.45, 2.75) is 6.92 Å². The Morgan fingerprint density at radius 3 is 2.46 bits per heavy atom. The molecule has 2 aromatic carbocycles. The van der Waals surface area contributed by atoms with Gasteiger partial charge in [0.05, 0.1) is 15.7 Å². The van der Waals surface area contributed by atoms with E-state index in [0.717, 1.165) is 9.13 Å². The second-order valence-electron chi connectivity index (χ2n) is 5.33. The van der Waals surface area contributed by atoms with Gasteiger partial charge < -0.3 is 5.32 Å². The summed E-state index contributed by atoms with van der Waals surface area (Å²) in [6, 6.07) is 6.74. The first-order valence-corrected chi connectivity index (χ1v) is 8.77. The predicted molar refractivity (Wildman–Crippen MR) is 102 cm³/mol. The molecule has 0 aliphatic heterocycles. The number of benzene rings is 2. The number of nitrogens with zero attached hydrogens (tertiary/aromatic N) is 1. The van der Waals surface area contributed by atoms with Crippen molar-refractivity contribution in [3.63, 3.8) is 0 Å². The number of hydrazine groups is 1. The molecular formula is C16H15BrF2IN3O. The number of hydrogen-bond acceptors (Lipinski definition) is 3. The van der Waals surface area contributed by atoms with Crippen molar-refractivity contribution in [1.29, 1.82) is 0 Å². The molecule has 8 heteroatoms. The molecular weight excluding hydrogens is 495 g/mol. The molecule has 0 aliphatic carbocycles. The Kier molecular flexibility index (Phi) is 6.16. The molecule has 2 aromatic rings. The number of anilines is 2. The molecule has 2 rings (SSSR count). The van der Waals surface area contributed by atoms with Crippen molar-refractivity contribution in [2.75, 3.05) is 19.4 Å². The van der Waals surface area contributed by atoms with Crippen LogP contribution in [0.2, 0.25) is 0 Å². The Labute approximate surface area is 160 Å². The van der Waals surface area contributed by atoms with Gasteiger partial charge in [-0.15, -0.1) is 0 Å². The molecule has 0 radical (unpaired) electrons. The van der Waals surface area contributed by atoms with Crippen LogP contribution in [0, 0.1) is 22.1 Å². The van der Waals surface area contributed by atoms with Crippen LogP contribution in [0.5, 0.6) is 0 Å². The van der Waals surface area contributed by atoms with Crippen molar-refractivity contribution in [3.05, 3.63) is 55.1 Å². The van der Waals surface area contributed by atoms with Gasteiger partial charge in [0.1, 0.15) is 0 Å². The summed E-state index contributed by atoms with van der Waals surface area (Å²) in [7, 11) is 3.26. The molecule has 24 heavy (non-hydrogen) atoms. The molecule has 0 atom stereocenters. The van der Waals surface area contributed by atoms with Crippen LogP contribution in [0.4, 0.5) is 20.2 Å². The predicted octanol–water partition coefficient (Wildman–Crippen LogP) is 4.59. The minimum Gasteiger partial charge on any atom is -0.352 e. The normalized spacial score (nSPS) is 10.8. The highest BCUT2D eigenvalue weighted by molar-refractivity contribution is 14.1. The van der Waals surface area contributed by atoms with Crippen LogP contribution in [0.1, 0.15) is 15.9 Å². The van der Waals surface area contributed by atoms with Gasteiger partial charge in [0, 0.05) is 23.4 Å². The van der Waals surface area contributed by atoms with Crippen LogP contribution in [0.3, 0.4) is 0 Å². The molecule has 0 aromatic heterocycles. The quantitative estimate of drug-likeness (QED) is 0.360. The molecule has 0 spiro atoms. The summed E-state index contributed by atoms with van der Waals surface area (Å²) in [4.78, 5) is 12.3. The Morgan fingerprint density at radius 2 is 1.88 bits per heavy atom. The summed E-state index contributed by atoms with van der Waals surface area (Å²) in [5.41, 5.74) is 3.75. The van der Waals surface area contributed by atoms with Gasteiger partial charge in [-0.3, -0.25) is 10.2 Å². The Balaban J connectivity index is 2.54. The first kappa shape index (κ1) is 19.1. The minimum atomic E-state index is -1.12. The van der Waals surface area contributed by atoms with Crippen molar-refractivity contribution < 1.29 is 13.6 Å². The van der Waals surface area contributed by atoms with E-state index in [2.05, 4.69) is 49.3 Å². The zero-order chi connectivity index (χ0) is 18.0. The third-order valence-corrected chi connectivity index (χ3v) is 4.43. The molecule has 0 saturated carbocycles. The average molecular weight is 510 g/mol. The van der Waals surface area contributed by atoms with Crippen LogP contribution in [-0.2, 0) is 0 Å². The first-order valence-electron chi connectivity index (χ1n) is 6.89. The zero-order valence-corrected chi connectivity index (χ0v) is 16.9. The van der Waals surface area contributed by atoms with Gasteiger partial charge in [0.2, 0.25) is 0 Å². The number of carbonyl (C=O) groups is 1. The van der Waals surface area contributed by atoms with Crippen LogP contribution < -0.4 is 10.7 Å². The molecule has 1 amide bonds. The first-order chi connectivity index (χ1) is 11.2.